The zero-order chi connectivity index (χ0) is 12.8. The second kappa shape index (κ2) is 6.09. The van der Waals surface area contributed by atoms with Gasteiger partial charge in [0.1, 0.15) is 5.75 Å². The van der Waals surface area contributed by atoms with Crippen LogP contribution in [0.25, 0.3) is 0 Å². The standard InChI is InChI=1S/C14H19NO2/c1-4-14(17)15-13(10(2)3)9-11-5-7-12(16)8-6-11/h5-8,13,16H,2,4,9H2,1,3H3,(H,15,17). The Balaban J connectivity index is 2.70. The summed E-state index contributed by atoms with van der Waals surface area (Å²) in [6, 6.07) is 6.94. The first-order chi connectivity index (χ1) is 8.02. The van der Waals surface area contributed by atoms with E-state index in [4.69, 9.17) is 0 Å². The van der Waals surface area contributed by atoms with Gasteiger partial charge < -0.3 is 10.4 Å². The van der Waals surface area contributed by atoms with E-state index in [1.54, 1.807) is 12.1 Å². The van der Waals surface area contributed by atoms with Crippen LogP contribution in [-0.2, 0) is 11.2 Å². The molecular formula is C14H19NO2. The third-order valence-corrected chi connectivity index (χ3v) is 2.63. The van der Waals surface area contributed by atoms with Gasteiger partial charge in [0, 0.05) is 6.42 Å². The van der Waals surface area contributed by atoms with Gasteiger partial charge in [0.25, 0.3) is 0 Å². The molecule has 0 bridgehead atoms. The Morgan fingerprint density at radius 2 is 2.00 bits per heavy atom. The Morgan fingerprint density at radius 1 is 1.41 bits per heavy atom. The van der Waals surface area contributed by atoms with Gasteiger partial charge in [-0.3, -0.25) is 4.79 Å². The van der Waals surface area contributed by atoms with E-state index < -0.39 is 0 Å². The molecular weight excluding hydrogens is 214 g/mol. The van der Waals surface area contributed by atoms with Crippen molar-refractivity contribution in [2.75, 3.05) is 0 Å². The minimum absolute atomic E-state index is 0.0248. The first-order valence-corrected chi connectivity index (χ1v) is 5.75. The van der Waals surface area contributed by atoms with Crippen molar-refractivity contribution in [3.63, 3.8) is 0 Å². The molecule has 2 N–H and O–H groups in total. The lowest BCUT2D eigenvalue weighted by atomic mass is 10.0. The molecule has 0 saturated heterocycles. The van der Waals surface area contributed by atoms with Crippen LogP contribution in [-0.4, -0.2) is 17.1 Å². The average molecular weight is 233 g/mol. The van der Waals surface area contributed by atoms with E-state index in [0.717, 1.165) is 11.1 Å². The van der Waals surface area contributed by atoms with E-state index in [-0.39, 0.29) is 17.7 Å². The summed E-state index contributed by atoms with van der Waals surface area (Å²) >= 11 is 0. The SMILES string of the molecule is C=C(C)C(Cc1ccc(O)cc1)NC(=O)CC. The summed E-state index contributed by atoms with van der Waals surface area (Å²) in [5, 5.41) is 12.1. The van der Waals surface area contributed by atoms with E-state index in [1.807, 2.05) is 26.0 Å². The molecule has 0 spiro atoms. The van der Waals surface area contributed by atoms with Gasteiger partial charge in [0.15, 0.2) is 0 Å². The first kappa shape index (κ1) is 13.3. The van der Waals surface area contributed by atoms with Crippen molar-refractivity contribution < 1.29 is 9.90 Å². The number of aromatic hydroxyl groups is 1. The maximum absolute atomic E-state index is 11.4. The van der Waals surface area contributed by atoms with Crippen LogP contribution in [0.2, 0.25) is 0 Å². The summed E-state index contributed by atoms with van der Waals surface area (Å²) in [5.41, 5.74) is 1.99. The molecule has 1 atom stereocenters. The number of phenols is 1. The molecule has 0 heterocycles. The zero-order valence-electron chi connectivity index (χ0n) is 10.4. The molecule has 0 aliphatic carbocycles. The van der Waals surface area contributed by atoms with E-state index in [2.05, 4.69) is 11.9 Å². The third-order valence-electron chi connectivity index (χ3n) is 2.63. The van der Waals surface area contributed by atoms with Crippen LogP contribution in [0.15, 0.2) is 36.4 Å². The smallest absolute Gasteiger partial charge is 0.220 e. The molecule has 0 radical (unpaired) electrons. The molecule has 92 valence electrons. The second-order valence-corrected chi connectivity index (χ2v) is 4.19. The highest BCUT2D eigenvalue weighted by Crippen LogP contribution is 2.13. The summed E-state index contributed by atoms with van der Waals surface area (Å²) < 4.78 is 0. The lowest BCUT2D eigenvalue weighted by molar-refractivity contribution is -0.121. The topological polar surface area (TPSA) is 49.3 Å². The van der Waals surface area contributed by atoms with Gasteiger partial charge in [0.05, 0.1) is 6.04 Å². The highest BCUT2D eigenvalue weighted by molar-refractivity contribution is 5.76. The van der Waals surface area contributed by atoms with Crippen LogP contribution in [0, 0.1) is 0 Å². The predicted molar refractivity (Wildman–Crippen MR) is 68.8 cm³/mol. The summed E-state index contributed by atoms with van der Waals surface area (Å²) in [7, 11) is 0. The number of rotatable bonds is 5. The Morgan fingerprint density at radius 3 is 2.47 bits per heavy atom. The van der Waals surface area contributed by atoms with Gasteiger partial charge in [-0.15, -0.1) is 0 Å². The summed E-state index contributed by atoms with van der Waals surface area (Å²) in [6.07, 6.45) is 1.17. The lowest BCUT2D eigenvalue weighted by Crippen LogP contribution is -2.36. The zero-order valence-corrected chi connectivity index (χ0v) is 10.4. The average Bonchev–Trinajstić information content (AvgIpc) is 2.30. The Hall–Kier alpha value is -1.77. The summed E-state index contributed by atoms with van der Waals surface area (Å²) in [6.45, 7) is 7.62. The number of amides is 1. The number of carbonyl (C=O) groups excluding carboxylic acids is 1. The van der Waals surface area contributed by atoms with Crippen molar-refractivity contribution in [3.05, 3.63) is 42.0 Å². The first-order valence-electron chi connectivity index (χ1n) is 5.75. The molecule has 0 aliphatic heterocycles. The van der Waals surface area contributed by atoms with E-state index in [9.17, 15) is 9.90 Å². The molecule has 1 aromatic carbocycles. The molecule has 0 aliphatic rings. The lowest BCUT2D eigenvalue weighted by Gasteiger charge is -2.18. The molecule has 1 rings (SSSR count). The molecule has 3 heteroatoms. The minimum atomic E-state index is -0.0491. The number of hydrogen-bond acceptors (Lipinski definition) is 2. The maximum atomic E-state index is 11.4. The van der Waals surface area contributed by atoms with Gasteiger partial charge in [-0.1, -0.05) is 31.2 Å². The van der Waals surface area contributed by atoms with Gasteiger partial charge in [-0.25, -0.2) is 0 Å². The Kier molecular flexibility index (Phi) is 4.76. The van der Waals surface area contributed by atoms with Gasteiger partial charge in [0.2, 0.25) is 5.91 Å². The number of carbonyl (C=O) groups is 1. The van der Waals surface area contributed by atoms with Crippen molar-refractivity contribution in [1.29, 1.82) is 0 Å². The van der Waals surface area contributed by atoms with Crippen molar-refractivity contribution in [2.24, 2.45) is 0 Å². The van der Waals surface area contributed by atoms with Crippen molar-refractivity contribution >= 4 is 5.91 Å². The highest BCUT2D eigenvalue weighted by Gasteiger charge is 2.12. The van der Waals surface area contributed by atoms with Crippen LogP contribution in [0.3, 0.4) is 0 Å². The van der Waals surface area contributed by atoms with Gasteiger partial charge >= 0.3 is 0 Å². The Labute approximate surface area is 102 Å². The second-order valence-electron chi connectivity index (χ2n) is 4.19. The monoisotopic (exact) mass is 233 g/mol. The summed E-state index contributed by atoms with van der Waals surface area (Å²) in [4.78, 5) is 11.4. The van der Waals surface area contributed by atoms with Crippen LogP contribution in [0.1, 0.15) is 25.8 Å². The third kappa shape index (κ3) is 4.31. The van der Waals surface area contributed by atoms with E-state index >= 15 is 0 Å². The largest absolute Gasteiger partial charge is 0.508 e. The van der Waals surface area contributed by atoms with Crippen LogP contribution >= 0.6 is 0 Å². The summed E-state index contributed by atoms with van der Waals surface area (Å²) in [5.74, 6) is 0.273. The fourth-order valence-electron chi connectivity index (χ4n) is 1.51. The molecule has 0 aromatic heterocycles. The van der Waals surface area contributed by atoms with Crippen molar-refractivity contribution in [1.82, 2.24) is 5.32 Å². The molecule has 0 fully saturated rings. The van der Waals surface area contributed by atoms with Gasteiger partial charge in [-0.05, 0) is 31.0 Å². The molecule has 1 amide bonds. The highest BCUT2D eigenvalue weighted by atomic mass is 16.3. The van der Waals surface area contributed by atoms with Crippen LogP contribution < -0.4 is 5.32 Å². The van der Waals surface area contributed by atoms with Gasteiger partial charge in [-0.2, -0.15) is 0 Å². The normalized spacial score (nSPS) is 11.9. The number of phenolic OH excluding ortho intramolecular Hbond substituents is 1. The van der Waals surface area contributed by atoms with Crippen LogP contribution in [0.4, 0.5) is 0 Å². The van der Waals surface area contributed by atoms with Crippen molar-refractivity contribution in [3.8, 4) is 5.75 Å². The number of nitrogens with one attached hydrogen (secondary N) is 1. The molecule has 1 unspecified atom stereocenters. The van der Waals surface area contributed by atoms with E-state index in [1.165, 1.54) is 0 Å². The molecule has 0 saturated carbocycles. The Bertz CT molecular complexity index is 395. The minimum Gasteiger partial charge on any atom is -0.508 e. The fraction of sp³-hybridized carbons (Fsp3) is 0.357. The quantitative estimate of drug-likeness (QED) is 0.767. The van der Waals surface area contributed by atoms with Crippen LogP contribution in [0.5, 0.6) is 5.75 Å². The number of hydrogen-bond donors (Lipinski definition) is 2. The maximum Gasteiger partial charge on any atom is 0.220 e. The fourth-order valence-corrected chi connectivity index (χ4v) is 1.51. The van der Waals surface area contributed by atoms with Crippen molar-refractivity contribution in [2.45, 2.75) is 32.7 Å². The van der Waals surface area contributed by atoms with E-state index in [0.29, 0.717) is 12.8 Å². The molecule has 1 aromatic rings. The molecule has 3 nitrogen and oxygen atoms in total. The predicted octanol–water partition coefficient (Wildman–Crippen LogP) is 2.41. The molecule has 17 heavy (non-hydrogen) atoms. The number of benzene rings is 1.